The molecule has 0 unspecified atom stereocenters. The van der Waals surface area contributed by atoms with Crippen molar-refractivity contribution in [1.82, 2.24) is 10.2 Å². The van der Waals surface area contributed by atoms with Crippen molar-refractivity contribution in [1.29, 1.82) is 5.26 Å². The molecular weight excluding hydrogens is 206 g/mol. The Bertz CT molecular complexity index is 568. The van der Waals surface area contributed by atoms with Crippen LogP contribution in [0.1, 0.15) is 17.4 Å². The molecule has 0 bridgehead atoms. The van der Waals surface area contributed by atoms with Crippen molar-refractivity contribution in [3.05, 3.63) is 30.0 Å². The van der Waals surface area contributed by atoms with E-state index in [1.165, 1.54) is 6.92 Å². The number of aromatic amines is 1. The molecule has 0 spiro atoms. The number of aromatic nitrogens is 2. The number of benzene rings is 1. The van der Waals surface area contributed by atoms with Crippen molar-refractivity contribution in [3.63, 3.8) is 0 Å². The fraction of sp³-hybridized carbons (Fsp3) is 0.182. The van der Waals surface area contributed by atoms with Crippen LogP contribution in [0.3, 0.4) is 0 Å². The quantitative estimate of drug-likeness (QED) is 0.772. The van der Waals surface area contributed by atoms with Gasteiger partial charge < -0.3 is 4.74 Å². The Hall–Kier alpha value is -2.35. The zero-order chi connectivity index (χ0) is 11.5. The fourth-order valence-corrected chi connectivity index (χ4v) is 1.36. The van der Waals surface area contributed by atoms with Crippen LogP contribution >= 0.6 is 0 Å². The number of hydrogen-bond donors (Lipinski definition) is 1. The summed E-state index contributed by atoms with van der Waals surface area (Å²) >= 11 is 0. The van der Waals surface area contributed by atoms with Crippen LogP contribution in [0, 0.1) is 11.3 Å². The molecule has 0 aliphatic heterocycles. The largest absolute Gasteiger partial charge is 0.442 e. The molecular formula is C11H9N3O2. The summed E-state index contributed by atoms with van der Waals surface area (Å²) in [6, 6.07) is 9.06. The summed E-state index contributed by atoms with van der Waals surface area (Å²) in [6.45, 7) is 1.51. The lowest BCUT2D eigenvalue weighted by Gasteiger charge is -2.03. The predicted octanol–water partition coefficient (Wildman–Crippen LogP) is 1.63. The van der Waals surface area contributed by atoms with Gasteiger partial charge in [0, 0.05) is 5.39 Å². The molecule has 2 aromatic rings. The minimum absolute atomic E-state index is 0.206. The van der Waals surface area contributed by atoms with Gasteiger partial charge in [-0.15, -0.1) is 0 Å². The van der Waals surface area contributed by atoms with Crippen molar-refractivity contribution in [3.8, 4) is 6.07 Å². The van der Waals surface area contributed by atoms with E-state index in [1.54, 1.807) is 6.07 Å². The number of esters is 1. The lowest BCUT2D eigenvalue weighted by molar-refractivity contribution is 0.0431. The van der Waals surface area contributed by atoms with E-state index in [0.717, 1.165) is 5.52 Å². The van der Waals surface area contributed by atoms with Crippen molar-refractivity contribution in [2.75, 3.05) is 0 Å². The van der Waals surface area contributed by atoms with Crippen LogP contribution in [-0.4, -0.2) is 22.3 Å². The molecule has 5 heteroatoms. The van der Waals surface area contributed by atoms with Gasteiger partial charge in [-0.3, -0.25) is 5.10 Å². The topological polar surface area (TPSA) is 78.8 Å². The van der Waals surface area contributed by atoms with Gasteiger partial charge in [-0.25, -0.2) is 4.79 Å². The first-order chi connectivity index (χ1) is 7.72. The van der Waals surface area contributed by atoms with Gasteiger partial charge >= 0.3 is 5.97 Å². The number of para-hydroxylation sites is 1. The molecule has 0 saturated heterocycles. The number of carbonyl (C=O) groups excluding carboxylic acids is 1. The summed E-state index contributed by atoms with van der Waals surface area (Å²) < 4.78 is 4.87. The molecule has 0 amide bonds. The van der Waals surface area contributed by atoms with Gasteiger partial charge in [-0.2, -0.15) is 10.4 Å². The van der Waals surface area contributed by atoms with Crippen LogP contribution in [0.25, 0.3) is 10.9 Å². The minimum Gasteiger partial charge on any atom is -0.442 e. The highest BCUT2D eigenvalue weighted by atomic mass is 16.5. The summed E-state index contributed by atoms with van der Waals surface area (Å²) in [7, 11) is 0. The van der Waals surface area contributed by atoms with E-state index >= 15 is 0 Å². The number of rotatable bonds is 2. The van der Waals surface area contributed by atoms with E-state index in [9.17, 15) is 4.79 Å². The number of nitriles is 1. The molecule has 0 radical (unpaired) electrons. The van der Waals surface area contributed by atoms with Gasteiger partial charge in [-0.05, 0) is 13.0 Å². The average Bonchev–Trinajstić information content (AvgIpc) is 2.72. The monoisotopic (exact) mass is 215 g/mol. The lowest BCUT2D eigenvalue weighted by atomic mass is 10.2. The van der Waals surface area contributed by atoms with Crippen LogP contribution in [0.5, 0.6) is 0 Å². The second-order valence-corrected chi connectivity index (χ2v) is 3.29. The van der Waals surface area contributed by atoms with Gasteiger partial charge in [0.05, 0.1) is 5.52 Å². The predicted molar refractivity (Wildman–Crippen MR) is 56.6 cm³/mol. The molecule has 1 aromatic carbocycles. The summed E-state index contributed by atoms with van der Waals surface area (Å²) in [5, 5.41) is 15.8. The highest BCUT2D eigenvalue weighted by molar-refractivity contribution is 6.01. The number of nitrogens with one attached hydrogen (secondary N) is 1. The fourth-order valence-electron chi connectivity index (χ4n) is 1.36. The molecule has 1 atom stereocenters. The maximum absolute atomic E-state index is 11.6. The van der Waals surface area contributed by atoms with Crippen LogP contribution in [0.15, 0.2) is 24.3 Å². The SMILES string of the molecule is C[C@@H](C#N)OC(=O)c1n[nH]c2ccccc12. The molecule has 1 aromatic heterocycles. The molecule has 1 heterocycles. The van der Waals surface area contributed by atoms with Gasteiger partial charge in [0.25, 0.3) is 0 Å². The Morgan fingerprint density at radius 2 is 2.31 bits per heavy atom. The first-order valence-corrected chi connectivity index (χ1v) is 4.76. The molecule has 0 saturated carbocycles. The zero-order valence-electron chi connectivity index (χ0n) is 8.60. The third-order valence-electron chi connectivity index (χ3n) is 2.13. The Kier molecular flexibility index (Phi) is 2.56. The highest BCUT2D eigenvalue weighted by Gasteiger charge is 2.17. The standard InChI is InChI=1S/C11H9N3O2/c1-7(6-12)16-11(15)10-8-4-2-3-5-9(8)13-14-10/h2-5,7H,1H3,(H,13,14)/t7-/m0/s1. The second kappa shape index (κ2) is 4.03. The molecule has 0 fully saturated rings. The summed E-state index contributed by atoms with van der Waals surface area (Å²) in [6.07, 6.45) is -0.775. The van der Waals surface area contributed by atoms with Crippen LogP contribution < -0.4 is 0 Å². The van der Waals surface area contributed by atoms with E-state index in [1.807, 2.05) is 24.3 Å². The maximum atomic E-state index is 11.6. The van der Waals surface area contributed by atoms with Crippen molar-refractivity contribution in [2.24, 2.45) is 0 Å². The molecule has 5 nitrogen and oxygen atoms in total. The van der Waals surface area contributed by atoms with E-state index in [2.05, 4.69) is 10.2 Å². The second-order valence-electron chi connectivity index (χ2n) is 3.29. The number of hydrogen-bond acceptors (Lipinski definition) is 4. The van der Waals surface area contributed by atoms with E-state index in [-0.39, 0.29) is 5.69 Å². The van der Waals surface area contributed by atoms with Gasteiger partial charge in [0.15, 0.2) is 11.8 Å². The van der Waals surface area contributed by atoms with Crippen LogP contribution in [0.4, 0.5) is 0 Å². The summed E-state index contributed by atoms with van der Waals surface area (Å²) in [5.74, 6) is -0.591. The van der Waals surface area contributed by atoms with Crippen LogP contribution in [0.2, 0.25) is 0 Å². The van der Waals surface area contributed by atoms with E-state index in [0.29, 0.717) is 5.39 Å². The van der Waals surface area contributed by atoms with Gasteiger partial charge in [-0.1, -0.05) is 18.2 Å². The molecule has 0 aliphatic rings. The number of H-pyrrole nitrogens is 1. The third kappa shape index (κ3) is 1.73. The summed E-state index contributed by atoms with van der Waals surface area (Å²) in [5.41, 5.74) is 0.969. The first-order valence-electron chi connectivity index (χ1n) is 4.76. The Labute approximate surface area is 91.6 Å². The highest BCUT2D eigenvalue weighted by Crippen LogP contribution is 2.16. The Balaban J connectivity index is 2.34. The zero-order valence-corrected chi connectivity index (χ0v) is 8.60. The van der Waals surface area contributed by atoms with Gasteiger partial charge in [0.2, 0.25) is 0 Å². The average molecular weight is 215 g/mol. The van der Waals surface area contributed by atoms with Crippen molar-refractivity contribution >= 4 is 16.9 Å². The molecule has 16 heavy (non-hydrogen) atoms. The van der Waals surface area contributed by atoms with Crippen molar-refractivity contribution in [2.45, 2.75) is 13.0 Å². The van der Waals surface area contributed by atoms with E-state index < -0.39 is 12.1 Å². The molecule has 80 valence electrons. The molecule has 1 N–H and O–H groups in total. The Morgan fingerprint density at radius 1 is 1.56 bits per heavy atom. The first kappa shape index (κ1) is 10.2. The normalized spacial score (nSPS) is 12.0. The Morgan fingerprint density at radius 3 is 3.06 bits per heavy atom. The lowest BCUT2D eigenvalue weighted by Crippen LogP contribution is -2.13. The van der Waals surface area contributed by atoms with Gasteiger partial charge in [0.1, 0.15) is 6.07 Å². The molecule has 0 aliphatic carbocycles. The van der Waals surface area contributed by atoms with Crippen LogP contribution in [-0.2, 0) is 4.74 Å². The maximum Gasteiger partial charge on any atom is 0.360 e. The number of carbonyl (C=O) groups is 1. The molecule has 2 rings (SSSR count). The minimum atomic E-state index is -0.775. The summed E-state index contributed by atoms with van der Waals surface area (Å²) in [4.78, 5) is 11.6. The number of ether oxygens (including phenoxy) is 1. The third-order valence-corrected chi connectivity index (χ3v) is 2.13. The number of fused-ring (bicyclic) bond motifs is 1. The smallest absolute Gasteiger partial charge is 0.360 e. The van der Waals surface area contributed by atoms with E-state index in [4.69, 9.17) is 10.00 Å². The van der Waals surface area contributed by atoms with Crippen molar-refractivity contribution < 1.29 is 9.53 Å². The number of nitrogens with zero attached hydrogens (tertiary/aromatic N) is 2.